The third kappa shape index (κ3) is 6.88. The molecule has 4 saturated carbocycles. The second-order valence-electron chi connectivity index (χ2n) is 16.2. The van der Waals surface area contributed by atoms with Crippen LogP contribution in [0.5, 0.6) is 5.75 Å². The number of ether oxygens (including phenoxy) is 2. The van der Waals surface area contributed by atoms with Gasteiger partial charge in [-0.05, 0) is 137 Å². The van der Waals surface area contributed by atoms with Gasteiger partial charge in [0.2, 0.25) is 5.91 Å². The van der Waals surface area contributed by atoms with Gasteiger partial charge in [0.05, 0.1) is 18.8 Å². The van der Waals surface area contributed by atoms with Gasteiger partial charge in [-0.2, -0.15) is 5.10 Å². The van der Waals surface area contributed by atoms with Crippen LogP contribution in [0.25, 0.3) is 11.1 Å². The summed E-state index contributed by atoms with van der Waals surface area (Å²) in [5, 5.41) is 14.4. The average molecular weight is 698 g/mol. The smallest absolute Gasteiger partial charge is 0.410 e. The molecule has 4 aliphatic carbocycles. The first-order valence-corrected chi connectivity index (χ1v) is 19.1. The highest BCUT2D eigenvalue weighted by Crippen LogP contribution is 2.58. The molecule has 0 saturated heterocycles. The number of methoxy groups -OCH3 is 1. The first-order valence-electron chi connectivity index (χ1n) is 19.1. The van der Waals surface area contributed by atoms with E-state index in [1.54, 1.807) is 12.0 Å². The quantitative estimate of drug-likeness (QED) is 0.261. The predicted molar refractivity (Wildman–Crippen MR) is 197 cm³/mol. The van der Waals surface area contributed by atoms with Gasteiger partial charge in [-0.1, -0.05) is 19.1 Å². The number of hydrogen-bond acceptors (Lipinski definition) is 7. The molecule has 1 atom stereocenters. The molecule has 6 aliphatic rings. The van der Waals surface area contributed by atoms with Crippen LogP contribution in [0.4, 0.5) is 10.6 Å². The number of amides is 2. The van der Waals surface area contributed by atoms with Crippen molar-refractivity contribution in [2.45, 2.75) is 115 Å². The molecule has 2 aliphatic heterocycles. The van der Waals surface area contributed by atoms with Crippen molar-refractivity contribution in [2.75, 3.05) is 38.3 Å². The second kappa shape index (κ2) is 14.2. The number of benzene rings is 1. The van der Waals surface area contributed by atoms with E-state index in [1.165, 1.54) is 11.1 Å². The Morgan fingerprint density at radius 2 is 1.75 bits per heavy atom. The maximum absolute atomic E-state index is 14.7. The first kappa shape index (κ1) is 35.5. The molecule has 2 amide bonds. The lowest BCUT2D eigenvalue weighted by Crippen LogP contribution is -2.52. The summed E-state index contributed by atoms with van der Waals surface area (Å²) in [5.74, 6) is 1.63. The van der Waals surface area contributed by atoms with Gasteiger partial charge in [-0.15, -0.1) is 0 Å². The lowest BCUT2D eigenvalue weighted by molar-refractivity contribution is -0.124. The Hall–Kier alpha value is -3.92. The second-order valence-corrected chi connectivity index (χ2v) is 16.2. The number of nitrogens with zero attached hydrogens (tertiary/aromatic N) is 5. The van der Waals surface area contributed by atoms with Crippen LogP contribution in [0.3, 0.4) is 0 Å². The lowest BCUT2D eigenvalue weighted by Gasteiger charge is -2.55. The van der Waals surface area contributed by atoms with Gasteiger partial charge in [0, 0.05) is 50.1 Å². The zero-order valence-corrected chi connectivity index (χ0v) is 30.9. The number of hydrogen-bond donors (Lipinski definition) is 1. The number of carbonyl (C=O) groups is 2. The third-order valence-electron chi connectivity index (χ3n) is 13.1. The Kier molecular flexibility index (Phi) is 9.91. The van der Waals surface area contributed by atoms with Gasteiger partial charge >= 0.3 is 6.09 Å². The van der Waals surface area contributed by atoms with Crippen LogP contribution in [0.2, 0.25) is 0 Å². The predicted octanol–water partition coefficient (Wildman–Crippen LogP) is 7.41. The van der Waals surface area contributed by atoms with Gasteiger partial charge in [0.25, 0.3) is 0 Å². The lowest BCUT2D eigenvalue weighted by atomic mass is 9.51. The third-order valence-corrected chi connectivity index (χ3v) is 13.1. The number of aliphatic hydroxyl groups excluding tert-OH is 1. The number of anilines is 1. The summed E-state index contributed by atoms with van der Waals surface area (Å²) in [6.45, 7) is 7.82. The van der Waals surface area contributed by atoms with Gasteiger partial charge in [-0.3, -0.25) is 14.4 Å². The van der Waals surface area contributed by atoms with Crippen molar-refractivity contribution in [2.24, 2.45) is 11.3 Å². The maximum atomic E-state index is 14.7. The van der Waals surface area contributed by atoms with E-state index in [0.29, 0.717) is 57.6 Å². The zero-order chi connectivity index (χ0) is 35.8. The summed E-state index contributed by atoms with van der Waals surface area (Å²) >= 11 is 0. The van der Waals surface area contributed by atoms with Crippen LogP contribution in [-0.2, 0) is 20.5 Å². The van der Waals surface area contributed by atoms with Gasteiger partial charge in [0.1, 0.15) is 17.7 Å². The van der Waals surface area contributed by atoms with Crippen LogP contribution in [0.1, 0.15) is 102 Å². The number of pyridine rings is 1. The summed E-state index contributed by atoms with van der Waals surface area (Å²) in [7, 11) is 1.73. The molecule has 1 N–H and O–H groups in total. The molecular formula is C41H55N5O5. The fourth-order valence-electron chi connectivity index (χ4n) is 9.38. The first-order chi connectivity index (χ1) is 24.6. The standard InChI is InChI=1S/C41H55N5O5/c1-5-39(3)27-44(21-6-22-47)38(49)51-34-10-7-30(8-11-34)37(48)45(36-24-31(13-20-42-36)32-25-43-46(39)26-32)28-40-14-17-41(18-15-40,19-16-40)33-9-12-35(50-4)29(2)23-33/h9,12-13,20,23-26,30,34,47H,5-8,10-11,14-19,21-22,27-28H2,1-4H3/t30-,34-,39?,40?,41?. The van der Waals surface area contributed by atoms with Crippen LogP contribution in [0, 0.1) is 18.3 Å². The molecule has 0 spiro atoms. The highest BCUT2D eigenvalue weighted by atomic mass is 16.6. The number of carbonyl (C=O) groups excluding carboxylic acids is 2. The number of aromatic nitrogens is 3. The Morgan fingerprint density at radius 1 is 1.00 bits per heavy atom. The summed E-state index contributed by atoms with van der Waals surface area (Å²) in [6, 6.07) is 10.8. The van der Waals surface area contributed by atoms with Crippen molar-refractivity contribution in [3.63, 3.8) is 0 Å². The summed E-state index contributed by atoms with van der Waals surface area (Å²) in [5.41, 5.74) is 4.26. The number of aryl methyl sites for hydroxylation is 1. The highest BCUT2D eigenvalue weighted by Gasteiger charge is 2.51. The van der Waals surface area contributed by atoms with Crippen molar-refractivity contribution in [1.82, 2.24) is 19.7 Å². The number of fused-ring (bicyclic) bond motifs is 10. The van der Waals surface area contributed by atoms with Gasteiger partial charge < -0.3 is 19.5 Å². The molecular weight excluding hydrogens is 642 g/mol. The maximum Gasteiger partial charge on any atom is 0.410 e. The van der Waals surface area contributed by atoms with E-state index in [0.717, 1.165) is 61.8 Å². The minimum absolute atomic E-state index is 0.00282. The topological polar surface area (TPSA) is 110 Å². The van der Waals surface area contributed by atoms with Crippen molar-refractivity contribution < 1.29 is 24.2 Å². The molecule has 3 aromatic rings. The SMILES string of the molecule is CCC1(C)CN(CCCO)C(=O)O[C@H]2CC[C@@H](CC2)C(=O)N(CC23CCC(c4ccc(OC)c(C)c4)(CC2)CC3)c2cc(ccn2)-c2cnn1c2. The van der Waals surface area contributed by atoms with Crippen LogP contribution < -0.4 is 9.64 Å². The molecule has 274 valence electrons. The Labute approximate surface area is 302 Å². The van der Waals surface area contributed by atoms with Crippen molar-refractivity contribution in [3.05, 3.63) is 60.0 Å². The Bertz CT molecular complexity index is 1710. The zero-order valence-electron chi connectivity index (χ0n) is 30.9. The Morgan fingerprint density at radius 3 is 2.41 bits per heavy atom. The van der Waals surface area contributed by atoms with Gasteiger partial charge in [0.15, 0.2) is 0 Å². The molecule has 1 aromatic carbocycles. The van der Waals surface area contributed by atoms with E-state index in [1.807, 2.05) is 34.2 Å². The molecule has 2 aromatic heterocycles. The molecule has 10 nitrogen and oxygen atoms in total. The molecule has 10 heteroatoms. The molecule has 9 rings (SSSR count). The minimum Gasteiger partial charge on any atom is -0.496 e. The fourth-order valence-corrected chi connectivity index (χ4v) is 9.38. The molecule has 1 unspecified atom stereocenters. The molecule has 4 heterocycles. The van der Waals surface area contributed by atoms with Crippen molar-refractivity contribution in [1.29, 1.82) is 0 Å². The van der Waals surface area contributed by atoms with E-state index in [2.05, 4.69) is 45.0 Å². The van der Waals surface area contributed by atoms with Crippen LogP contribution >= 0.6 is 0 Å². The number of aliphatic hydroxyl groups is 1. The van der Waals surface area contributed by atoms with E-state index in [9.17, 15) is 14.7 Å². The van der Waals surface area contributed by atoms with Crippen molar-refractivity contribution >= 4 is 17.8 Å². The monoisotopic (exact) mass is 697 g/mol. The van der Waals surface area contributed by atoms with E-state index < -0.39 is 5.54 Å². The molecule has 8 bridgehead atoms. The minimum atomic E-state index is -0.489. The van der Waals surface area contributed by atoms with E-state index in [4.69, 9.17) is 19.6 Å². The van der Waals surface area contributed by atoms with Crippen LogP contribution in [0.15, 0.2) is 48.9 Å². The summed E-state index contributed by atoms with van der Waals surface area (Å²) in [6.07, 6.45) is 15.6. The summed E-state index contributed by atoms with van der Waals surface area (Å²) in [4.78, 5) is 36.9. The molecule has 0 radical (unpaired) electrons. The highest BCUT2D eigenvalue weighted by molar-refractivity contribution is 5.95. The molecule has 4 fully saturated rings. The van der Waals surface area contributed by atoms with E-state index >= 15 is 0 Å². The fraction of sp³-hybridized carbons (Fsp3) is 0.610. The largest absolute Gasteiger partial charge is 0.496 e. The number of rotatable bonds is 8. The normalized spacial score (nSPS) is 29.6. The van der Waals surface area contributed by atoms with Crippen LogP contribution in [-0.4, -0.2) is 76.2 Å². The summed E-state index contributed by atoms with van der Waals surface area (Å²) < 4.78 is 13.6. The van der Waals surface area contributed by atoms with E-state index in [-0.39, 0.29) is 41.5 Å². The Balaban J connectivity index is 1.20. The molecule has 51 heavy (non-hydrogen) atoms. The average Bonchev–Trinajstić information content (AvgIpc) is 3.67. The van der Waals surface area contributed by atoms with Gasteiger partial charge in [-0.25, -0.2) is 9.78 Å². The van der Waals surface area contributed by atoms with Crippen molar-refractivity contribution in [3.8, 4) is 16.9 Å².